The molecule has 1 aliphatic carbocycles. The molecule has 0 spiro atoms. The first kappa shape index (κ1) is 9.79. The quantitative estimate of drug-likeness (QED) is 0.597. The van der Waals surface area contributed by atoms with Crippen LogP contribution in [0.2, 0.25) is 0 Å². The Hall–Kier alpha value is -0.300. The molecule has 1 heteroatoms. The number of allylic oxidation sites excluding steroid dienone is 2. The summed E-state index contributed by atoms with van der Waals surface area (Å²) >= 11 is 0. The van der Waals surface area contributed by atoms with E-state index in [0.29, 0.717) is 0 Å². The molecule has 0 heterocycles. The zero-order valence-corrected chi connectivity index (χ0v) is 8.65. The molecule has 1 aliphatic rings. The van der Waals surface area contributed by atoms with E-state index < -0.39 is 0 Å². The molecule has 1 N–H and O–H groups in total. The number of rotatable bonds is 1. The van der Waals surface area contributed by atoms with Gasteiger partial charge in [0.15, 0.2) is 0 Å². The van der Waals surface area contributed by atoms with Crippen molar-refractivity contribution in [2.24, 2.45) is 5.41 Å². The fraction of sp³-hybridized carbons (Fsp3) is 0.818. The molecule has 1 nitrogen and oxygen atoms in total. The Morgan fingerprint density at radius 2 is 1.92 bits per heavy atom. The normalized spacial score (nSPS) is 33.8. The molecular formula is C11H20O. The smallest absolute Gasteiger partial charge is 0.0568 e. The van der Waals surface area contributed by atoms with E-state index in [-0.39, 0.29) is 11.5 Å². The van der Waals surface area contributed by atoms with Crippen LogP contribution in [0, 0.1) is 5.41 Å². The highest BCUT2D eigenvalue weighted by atomic mass is 16.3. The summed E-state index contributed by atoms with van der Waals surface area (Å²) < 4.78 is 0. The maximum Gasteiger partial charge on any atom is 0.0568 e. The molecule has 12 heavy (non-hydrogen) atoms. The van der Waals surface area contributed by atoms with E-state index >= 15 is 0 Å². The molecule has 70 valence electrons. The minimum absolute atomic E-state index is 0.129. The van der Waals surface area contributed by atoms with Crippen molar-refractivity contribution >= 4 is 0 Å². The zero-order valence-electron chi connectivity index (χ0n) is 8.65. The van der Waals surface area contributed by atoms with Gasteiger partial charge in [-0.3, -0.25) is 0 Å². The summed E-state index contributed by atoms with van der Waals surface area (Å²) in [6, 6.07) is 0. The number of hydrogen-bond donors (Lipinski definition) is 1. The Morgan fingerprint density at radius 1 is 1.33 bits per heavy atom. The number of aliphatic hydroxyl groups excluding tert-OH is 1. The minimum atomic E-state index is -0.180. The highest BCUT2D eigenvalue weighted by Crippen LogP contribution is 2.41. The van der Waals surface area contributed by atoms with Gasteiger partial charge in [-0.1, -0.05) is 18.1 Å². The van der Waals surface area contributed by atoms with Crippen molar-refractivity contribution in [3.05, 3.63) is 11.1 Å². The molecule has 0 aromatic carbocycles. The van der Waals surface area contributed by atoms with E-state index in [2.05, 4.69) is 20.8 Å². The molecule has 2 atom stereocenters. The molecule has 0 aromatic heterocycles. The van der Waals surface area contributed by atoms with Gasteiger partial charge >= 0.3 is 0 Å². The van der Waals surface area contributed by atoms with Crippen LogP contribution in [0.25, 0.3) is 0 Å². The maximum absolute atomic E-state index is 9.62. The largest absolute Gasteiger partial charge is 0.393 e. The van der Waals surface area contributed by atoms with Crippen LogP contribution in [0.1, 0.15) is 47.0 Å². The highest BCUT2D eigenvalue weighted by Gasteiger charge is 2.32. The van der Waals surface area contributed by atoms with Gasteiger partial charge in [0.2, 0.25) is 0 Å². The zero-order chi connectivity index (χ0) is 9.35. The van der Waals surface area contributed by atoms with Crippen molar-refractivity contribution in [2.45, 2.75) is 53.1 Å². The molecule has 0 unspecified atom stereocenters. The fourth-order valence-electron chi connectivity index (χ4n) is 1.89. The van der Waals surface area contributed by atoms with Gasteiger partial charge in [0.05, 0.1) is 6.10 Å². The Bertz CT molecular complexity index is 203. The van der Waals surface area contributed by atoms with Gasteiger partial charge < -0.3 is 5.11 Å². The molecule has 1 rings (SSSR count). The van der Waals surface area contributed by atoms with E-state index in [9.17, 15) is 5.11 Å². The van der Waals surface area contributed by atoms with Crippen LogP contribution in [0.3, 0.4) is 0 Å². The molecule has 0 aromatic rings. The molecule has 0 fully saturated rings. The molecule has 0 aliphatic heterocycles. The second-order valence-electron chi connectivity index (χ2n) is 4.57. The Kier molecular flexibility index (Phi) is 2.62. The van der Waals surface area contributed by atoms with Crippen molar-refractivity contribution in [1.29, 1.82) is 0 Å². The number of aliphatic hydroxyl groups is 1. The van der Waals surface area contributed by atoms with Gasteiger partial charge in [0.1, 0.15) is 0 Å². The third-order valence-corrected chi connectivity index (χ3v) is 3.48. The summed E-state index contributed by atoms with van der Waals surface area (Å²) in [7, 11) is 0. The standard InChI is InChI=1S/C11H20O/c1-8-5-6-11(4,10(3)12)7-9(8)2/h10,12H,5-7H2,1-4H3/t10-,11-/m1/s1. The second-order valence-corrected chi connectivity index (χ2v) is 4.57. The Morgan fingerprint density at radius 3 is 2.33 bits per heavy atom. The maximum atomic E-state index is 9.62. The predicted molar refractivity (Wildman–Crippen MR) is 52.0 cm³/mol. The van der Waals surface area contributed by atoms with Gasteiger partial charge in [-0.15, -0.1) is 0 Å². The van der Waals surface area contributed by atoms with Crippen LogP contribution in [-0.2, 0) is 0 Å². The minimum Gasteiger partial charge on any atom is -0.393 e. The SMILES string of the molecule is CC1=C(C)C[C@](C)([C@@H](C)O)CC1. The third kappa shape index (κ3) is 1.71. The van der Waals surface area contributed by atoms with Gasteiger partial charge in [0.25, 0.3) is 0 Å². The lowest BCUT2D eigenvalue weighted by atomic mass is 9.70. The first-order valence-corrected chi connectivity index (χ1v) is 4.79. The van der Waals surface area contributed by atoms with Gasteiger partial charge in [-0.25, -0.2) is 0 Å². The molecule has 0 saturated heterocycles. The lowest BCUT2D eigenvalue weighted by Crippen LogP contribution is -2.32. The van der Waals surface area contributed by atoms with E-state index in [1.54, 1.807) is 0 Å². The first-order chi connectivity index (χ1) is 5.46. The summed E-state index contributed by atoms with van der Waals surface area (Å²) in [6.45, 7) is 8.49. The van der Waals surface area contributed by atoms with E-state index in [1.165, 1.54) is 11.1 Å². The first-order valence-electron chi connectivity index (χ1n) is 4.79. The molecule has 0 amide bonds. The summed E-state index contributed by atoms with van der Waals surface area (Å²) in [5.41, 5.74) is 3.13. The molecular weight excluding hydrogens is 148 g/mol. The fourth-order valence-corrected chi connectivity index (χ4v) is 1.89. The van der Waals surface area contributed by atoms with Crippen molar-refractivity contribution in [2.75, 3.05) is 0 Å². The van der Waals surface area contributed by atoms with Crippen LogP contribution in [-0.4, -0.2) is 11.2 Å². The number of hydrogen-bond acceptors (Lipinski definition) is 1. The third-order valence-electron chi connectivity index (χ3n) is 3.48. The average Bonchev–Trinajstić information content (AvgIpc) is 1.97. The van der Waals surface area contributed by atoms with Crippen LogP contribution < -0.4 is 0 Å². The van der Waals surface area contributed by atoms with Gasteiger partial charge in [-0.2, -0.15) is 0 Å². The lowest BCUT2D eigenvalue weighted by molar-refractivity contribution is 0.0417. The molecule has 0 saturated carbocycles. The second kappa shape index (κ2) is 3.21. The van der Waals surface area contributed by atoms with Crippen molar-refractivity contribution in [3.8, 4) is 0 Å². The van der Waals surface area contributed by atoms with Crippen LogP contribution in [0.15, 0.2) is 11.1 Å². The van der Waals surface area contributed by atoms with Crippen LogP contribution >= 0.6 is 0 Å². The molecule has 0 bridgehead atoms. The van der Waals surface area contributed by atoms with Crippen LogP contribution in [0.4, 0.5) is 0 Å². The van der Waals surface area contributed by atoms with Crippen molar-refractivity contribution < 1.29 is 5.11 Å². The molecule has 0 radical (unpaired) electrons. The average molecular weight is 168 g/mol. The van der Waals surface area contributed by atoms with E-state index in [0.717, 1.165) is 19.3 Å². The van der Waals surface area contributed by atoms with E-state index in [1.807, 2.05) is 6.92 Å². The van der Waals surface area contributed by atoms with Gasteiger partial charge in [-0.05, 0) is 45.4 Å². The van der Waals surface area contributed by atoms with E-state index in [4.69, 9.17) is 0 Å². The van der Waals surface area contributed by atoms with Gasteiger partial charge in [0, 0.05) is 0 Å². The summed E-state index contributed by atoms with van der Waals surface area (Å²) in [5.74, 6) is 0. The Labute approximate surface area is 75.5 Å². The summed E-state index contributed by atoms with van der Waals surface area (Å²) in [4.78, 5) is 0. The monoisotopic (exact) mass is 168 g/mol. The topological polar surface area (TPSA) is 20.2 Å². The lowest BCUT2D eigenvalue weighted by Gasteiger charge is -2.37. The summed E-state index contributed by atoms with van der Waals surface area (Å²) in [5, 5.41) is 9.62. The Balaban J connectivity index is 2.77. The summed E-state index contributed by atoms with van der Waals surface area (Å²) in [6.07, 6.45) is 3.18. The predicted octanol–water partition coefficient (Wildman–Crippen LogP) is 2.89. The highest BCUT2D eigenvalue weighted by molar-refractivity contribution is 5.16. The van der Waals surface area contributed by atoms with Crippen LogP contribution in [0.5, 0.6) is 0 Å². The van der Waals surface area contributed by atoms with Crippen molar-refractivity contribution in [1.82, 2.24) is 0 Å². The van der Waals surface area contributed by atoms with Crippen molar-refractivity contribution in [3.63, 3.8) is 0 Å².